The monoisotopic (exact) mass is 333 g/mol. The second-order valence-corrected chi connectivity index (χ2v) is 6.00. The minimum Gasteiger partial charge on any atom is -0.366 e. The first kappa shape index (κ1) is 16.9. The molecule has 3 rings (SSSR count). The second kappa shape index (κ2) is 8.24. The number of hydrogen-bond donors (Lipinski definition) is 2. The van der Waals surface area contributed by atoms with Gasteiger partial charge < -0.3 is 10.6 Å². The number of hydrogen-bond acceptors (Lipinski definition) is 5. The average molecular weight is 333 g/mol. The number of anilines is 2. The van der Waals surface area contributed by atoms with Gasteiger partial charge in [0.25, 0.3) is 0 Å². The SMILES string of the molecule is CC[C@H](C)Nc1nc(NCc2ccccc2)cc(-c2cccnc2)n1. The molecule has 2 heterocycles. The molecule has 0 radical (unpaired) electrons. The van der Waals surface area contributed by atoms with E-state index in [-0.39, 0.29) is 0 Å². The molecule has 5 nitrogen and oxygen atoms in total. The van der Waals surface area contributed by atoms with Crippen LogP contribution < -0.4 is 10.6 Å². The van der Waals surface area contributed by atoms with Crippen LogP contribution in [0.2, 0.25) is 0 Å². The van der Waals surface area contributed by atoms with Gasteiger partial charge in [-0.3, -0.25) is 4.98 Å². The lowest BCUT2D eigenvalue weighted by atomic mass is 10.2. The number of nitrogens with one attached hydrogen (secondary N) is 2. The zero-order valence-corrected chi connectivity index (χ0v) is 14.6. The zero-order valence-electron chi connectivity index (χ0n) is 14.6. The summed E-state index contributed by atoms with van der Waals surface area (Å²) in [6, 6.07) is 16.5. The Hall–Kier alpha value is -2.95. The molecule has 0 amide bonds. The van der Waals surface area contributed by atoms with Crippen LogP contribution >= 0.6 is 0 Å². The van der Waals surface area contributed by atoms with Crippen molar-refractivity contribution in [2.75, 3.05) is 10.6 Å². The van der Waals surface area contributed by atoms with E-state index in [2.05, 4.69) is 51.6 Å². The lowest BCUT2D eigenvalue weighted by Crippen LogP contribution is -2.16. The van der Waals surface area contributed by atoms with Crippen LogP contribution in [0.3, 0.4) is 0 Å². The Kier molecular flexibility index (Phi) is 5.57. The van der Waals surface area contributed by atoms with Gasteiger partial charge in [0.1, 0.15) is 5.82 Å². The van der Waals surface area contributed by atoms with E-state index in [1.54, 1.807) is 6.20 Å². The predicted molar refractivity (Wildman–Crippen MR) is 102 cm³/mol. The maximum atomic E-state index is 4.64. The van der Waals surface area contributed by atoms with Crippen molar-refractivity contribution in [3.05, 3.63) is 66.5 Å². The Balaban J connectivity index is 1.86. The predicted octanol–water partition coefficient (Wildman–Crippen LogP) is 4.36. The van der Waals surface area contributed by atoms with Gasteiger partial charge in [-0.25, -0.2) is 4.98 Å². The fraction of sp³-hybridized carbons (Fsp3) is 0.250. The van der Waals surface area contributed by atoms with E-state index < -0.39 is 0 Å². The molecule has 0 unspecified atom stereocenters. The highest BCUT2D eigenvalue weighted by molar-refractivity contribution is 5.63. The van der Waals surface area contributed by atoms with E-state index in [4.69, 9.17) is 0 Å². The van der Waals surface area contributed by atoms with Crippen molar-refractivity contribution in [3.8, 4) is 11.3 Å². The lowest BCUT2D eigenvalue weighted by Gasteiger charge is -2.14. The summed E-state index contributed by atoms with van der Waals surface area (Å²) in [5.41, 5.74) is 3.03. The van der Waals surface area contributed by atoms with Crippen LogP contribution in [-0.2, 0) is 6.54 Å². The van der Waals surface area contributed by atoms with Crippen molar-refractivity contribution in [1.82, 2.24) is 15.0 Å². The maximum Gasteiger partial charge on any atom is 0.225 e. The van der Waals surface area contributed by atoms with E-state index in [1.165, 1.54) is 5.56 Å². The quantitative estimate of drug-likeness (QED) is 0.672. The van der Waals surface area contributed by atoms with Crippen LogP contribution in [0.15, 0.2) is 60.9 Å². The second-order valence-electron chi connectivity index (χ2n) is 6.00. The molecule has 3 aromatic rings. The van der Waals surface area contributed by atoms with Gasteiger partial charge >= 0.3 is 0 Å². The Morgan fingerprint density at radius 2 is 1.88 bits per heavy atom. The molecule has 0 aliphatic rings. The molecule has 1 atom stereocenters. The van der Waals surface area contributed by atoms with Crippen LogP contribution in [0.5, 0.6) is 0 Å². The molecular formula is C20H23N5. The number of benzene rings is 1. The normalized spacial score (nSPS) is 11.8. The molecule has 0 fully saturated rings. The average Bonchev–Trinajstić information content (AvgIpc) is 2.67. The molecule has 0 aliphatic heterocycles. The summed E-state index contributed by atoms with van der Waals surface area (Å²) in [7, 11) is 0. The van der Waals surface area contributed by atoms with E-state index in [9.17, 15) is 0 Å². The van der Waals surface area contributed by atoms with E-state index >= 15 is 0 Å². The molecule has 128 valence electrons. The van der Waals surface area contributed by atoms with Gasteiger partial charge in [-0.15, -0.1) is 0 Å². The molecular weight excluding hydrogens is 310 g/mol. The third-order valence-electron chi connectivity index (χ3n) is 3.99. The molecule has 25 heavy (non-hydrogen) atoms. The first-order chi connectivity index (χ1) is 12.2. The fourth-order valence-corrected chi connectivity index (χ4v) is 2.38. The van der Waals surface area contributed by atoms with Crippen molar-refractivity contribution < 1.29 is 0 Å². The summed E-state index contributed by atoms with van der Waals surface area (Å²) < 4.78 is 0. The Morgan fingerprint density at radius 3 is 2.60 bits per heavy atom. The van der Waals surface area contributed by atoms with Crippen LogP contribution in [0, 0.1) is 0 Å². The molecule has 0 bridgehead atoms. The van der Waals surface area contributed by atoms with Crippen molar-refractivity contribution in [3.63, 3.8) is 0 Å². The topological polar surface area (TPSA) is 62.7 Å². The smallest absolute Gasteiger partial charge is 0.225 e. The molecule has 2 aromatic heterocycles. The molecule has 2 N–H and O–H groups in total. The molecule has 0 aliphatic carbocycles. The highest BCUT2D eigenvalue weighted by Crippen LogP contribution is 2.21. The van der Waals surface area contributed by atoms with E-state index in [0.717, 1.165) is 23.5 Å². The molecule has 0 saturated heterocycles. The fourth-order valence-electron chi connectivity index (χ4n) is 2.38. The van der Waals surface area contributed by atoms with Gasteiger partial charge in [-0.2, -0.15) is 4.98 Å². The zero-order chi connectivity index (χ0) is 17.5. The molecule has 0 spiro atoms. The van der Waals surface area contributed by atoms with Crippen LogP contribution in [0.25, 0.3) is 11.3 Å². The van der Waals surface area contributed by atoms with Crippen LogP contribution in [0.4, 0.5) is 11.8 Å². The van der Waals surface area contributed by atoms with Crippen molar-refractivity contribution >= 4 is 11.8 Å². The highest BCUT2D eigenvalue weighted by atomic mass is 15.2. The van der Waals surface area contributed by atoms with Gasteiger partial charge in [-0.1, -0.05) is 37.3 Å². The van der Waals surface area contributed by atoms with Gasteiger partial charge in [0.2, 0.25) is 5.95 Å². The lowest BCUT2D eigenvalue weighted by molar-refractivity contribution is 0.753. The Morgan fingerprint density at radius 1 is 1.04 bits per heavy atom. The summed E-state index contributed by atoms with van der Waals surface area (Å²) in [5, 5.41) is 6.75. The number of nitrogens with zero attached hydrogens (tertiary/aromatic N) is 3. The van der Waals surface area contributed by atoms with Crippen LogP contribution in [0.1, 0.15) is 25.8 Å². The van der Waals surface area contributed by atoms with E-state index in [0.29, 0.717) is 18.5 Å². The summed E-state index contributed by atoms with van der Waals surface area (Å²) in [5.74, 6) is 1.43. The summed E-state index contributed by atoms with van der Waals surface area (Å²) >= 11 is 0. The minimum absolute atomic E-state index is 0.311. The van der Waals surface area contributed by atoms with Crippen molar-refractivity contribution in [2.45, 2.75) is 32.9 Å². The molecule has 0 saturated carbocycles. The third-order valence-corrected chi connectivity index (χ3v) is 3.99. The first-order valence-electron chi connectivity index (χ1n) is 8.58. The van der Waals surface area contributed by atoms with Crippen LogP contribution in [-0.4, -0.2) is 21.0 Å². The summed E-state index contributed by atoms with van der Waals surface area (Å²) in [6.07, 6.45) is 4.58. The standard InChI is InChI=1S/C20H23N5/c1-3-15(2)23-20-24-18(17-10-7-11-21-14-17)12-19(25-20)22-13-16-8-5-4-6-9-16/h4-12,14-15H,3,13H2,1-2H3,(H2,22,23,24,25)/t15-/m0/s1. The van der Waals surface area contributed by atoms with E-state index in [1.807, 2.05) is 42.6 Å². The molecule has 5 heteroatoms. The van der Waals surface area contributed by atoms with Gasteiger partial charge in [0, 0.05) is 36.6 Å². The maximum absolute atomic E-state index is 4.64. The summed E-state index contributed by atoms with van der Waals surface area (Å²) in [6.45, 7) is 4.97. The molecule has 1 aromatic carbocycles. The Bertz CT molecular complexity index is 790. The third kappa shape index (κ3) is 4.76. The van der Waals surface area contributed by atoms with Gasteiger partial charge in [0.15, 0.2) is 0 Å². The first-order valence-corrected chi connectivity index (χ1v) is 8.58. The van der Waals surface area contributed by atoms with Gasteiger partial charge in [0.05, 0.1) is 5.69 Å². The largest absolute Gasteiger partial charge is 0.366 e. The van der Waals surface area contributed by atoms with Crippen molar-refractivity contribution in [2.24, 2.45) is 0 Å². The van der Waals surface area contributed by atoms with Crippen molar-refractivity contribution in [1.29, 1.82) is 0 Å². The number of aromatic nitrogens is 3. The summed E-state index contributed by atoms with van der Waals surface area (Å²) in [4.78, 5) is 13.4. The van der Waals surface area contributed by atoms with Gasteiger partial charge in [-0.05, 0) is 31.0 Å². The minimum atomic E-state index is 0.311. The number of rotatable bonds is 7. The number of pyridine rings is 1. The highest BCUT2D eigenvalue weighted by Gasteiger charge is 2.09. The Labute approximate surface area is 148 Å².